The van der Waals surface area contributed by atoms with Gasteiger partial charge in [-0.15, -0.1) is 0 Å². The van der Waals surface area contributed by atoms with Crippen LogP contribution >= 0.6 is 0 Å². The highest BCUT2D eigenvalue weighted by atomic mass is 16.5. The molecule has 6 heteroatoms. The van der Waals surface area contributed by atoms with Crippen molar-refractivity contribution in [2.24, 2.45) is 14.1 Å². The third-order valence-corrected chi connectivity index (χ3v) is 3.29. The van der Waals surface area contributed by atoms with E-state index in [1.54, 1.807) is 12.1 Å². The molecule has 6 nitrogen and oxygen atoms in total. The summed E-state index contributed by atoms with van der Waals surface area (Å²) >= 11 is 0. The minimum atomic E-state index is -0.619. The van der Waals surface area contributed by atoms with Crippen molar-refractivity contribution >= 4 is 5.78 Å². The first-order chi connectivity index (χ1) is 9.86. The van der Waals surface area contributed by atoms with E-state index >= 15 is 0 Å². The third-order valence-electron chi connectivity index (χ3n) is 3.29. The fourth-order valence-corrected chi connectivity index (χ4v) is 2.11. The zero-order valence-electron chi connectivity index (χ0n) is 12.3. The number of carbonyl (C=O) groups is 1. The van der Waals surface area contributed by atoms with Crippen molar-refractivity contribution < 1.29 is 9.53 Å². The van der Waals surface area contributed by atoms with Crippen molar-refractivity contribution in [2.45, 2.75) is 6.92 Å². The van der Waals surface area contributed by atoms with Crippen LogP contribution in [0.4, 0.5) is 0 Å². The van der Waals surface area contributed by atoms with Crippen LogP contribution in [-0.4, -0.2) is 22.0 Å². The standard InChI is InChI=1S/C15H16N2O4/c1-9-5-6-12(21-4)10(7-9)13(18)11-8-16(2)15(20)17(3)14(11)19/h5-8H,1-4H3. The van der Waals surface area contributed by atoms with Gasteiger partial charge in [-0.2, -0.15) is 0 Å². The zero-order valence-corrected chi connectivity index (χ0v) is 12.3. The number of rotatable bonds is 3. The van der Waals surface area contributed by atoms with Crippen LogP contribution in [0.2, 0.25) is 0 Å². The van der Waals surface area contributed by atoms with Crippen LogP contribution in [0.15, 0.2) is 34.0 Å². The summed E-state index contributed by atoms with van der Waals surface area (Å²) in [6.07, 6.45) is 1.26. The van der Waals surface area contributed by atoms with E-state index in [1.807, 2.05) is 13.0 Å². The fraction of sp³-hybridized carbons (Fsp3) is 0.267. The van der Waals surface area contributed by atoms with Crippen LogP contribution in [-0.2, 0) is 14.1 Å². The Bertz CT molecular complexity index is 831. The van der Waals surface area contributed by atoms with E-state index in [9.17, 15) is 14.4 Å². The number of carbonyl (C=O) groups excluding carboxylic acids is 1. The summed E-state index contributed by atoms with van der Waals surface area (Å²) in [5.41, 5.74) is 0.0111. The number of aromatic nitrogens is 2. The quantitative estimate of drug-likeness (QED) is 0.777. The van der Waals surface area contributed by atoms with Gasteiger partial charge in [0.15, 0.2) is 0 Å². The number of methoxy groups -OCH3 is 1. The second-order valence-electron chi connectivity index (χ2n) is 4.83. The summed E-state index contributed by atoms with van der Waals surface area (Å²) in [6, 6.07) is 5.15. The first-order valence-electron chi connectivity index (χ1n) is 6.32. The molecule has 110 valence electrons. The highest BCUT2D eigenvalue weighted by Gasteiger charge is 2.20. The Labute approximate surface area is 121 Å². The summed E-state index contributed by atoms with van der Waals surface area (Å²) < 4.78 is 7.29. The van der Waals surface area contributed by atoms with E-state index < -0.39 is 17.0 Å². The minimum Gasteiger partial charge on any atom is -0.496 e. The molecule has 0 atom stereocenters. The molecule has 0 amide bonds. The van der Waals surface area contributed by atoms with Gasteiger partial charge < -0.3 is 9.30 Å². The summed E-state index contributed by atoms with van der Waals surface area (Å²) in [4.78, 5) is 36.4. The van der Waals surface area contributed by atoms with E-state index in [0.29, 0.717) is 11.3 Å². The van der Waals surface area contributed by atoms with Crippen molar-refractivity contribution in [2.75, 3.05) is 7.11 Å². The molecule has 1 heterocycles. The topological polar surface area (TPSA) is 70.3 Å². The van der Waals surface area contributed by atoms with Gasteiger partial charge in [0.05, 0.1) is 12.7 Å². The Hall–Kier alpha value is -2.63. The van der Waals surface area contributed by atoms with Gasteiger partial charge in [0.1, 0.15) is 11.3 Å². The van der Waals surface area contributed by atoms with Crippen molar-refractivity contribution in [3.05, 3.63) is 61.9 Å². The van der Waals surface area contributed by atoms with Crippen molar-refractivity contribution in [1.82, 2.24) is 9.13 Å². The van der Waals surface area contributed by atoms with Gasteiger partial charge in [-0.1, -0.05) is 11.6 Å². The monoisotopic (exact) mass is 288 g/mol. The second kappa shape index (κ2) is 5.40. The molecule has 1 aromatic heterocycles. The summed E-state index contributed by atoms with van der Waals surface area (Å²) in [7, 11) is 4.29. The molecule has 21 heavy (non-hydrogen) atoms. The van der Waals surface area contributed by atoms with Crippen LogP contribution in [0.1, 0.15) is 21.5 Å². The molecule has 0 bridgehead atoms. The Morgan fingerprint density at radius 3 is 2.43 bits per heavy atom. The largest absolute Gasteiger partial charge is 0.496 e. The highest BCUT2D eigenvalue weighted by Crippen LogP contribution is 2.21. The number of hydrogen-bond acceptors (Lipinski definition) is 4. The van der Waals surface area contributed by atoms with Crippen LogP contribution < -0.4 is 16.0 Å². The van der Waals surface area contributed by atoms with Crippen molar-refractivity contribution in [3.8, 4) is 5.75 Å². The molecule has 0 spiro atoms. The lowest BCUT2D eigenvalue weighted by Crippen LogP contribution is -2.39. The number of benzene rings is 1. The van der Waals surface area contributed by atoms with Crippen molar-refractivity contribution in [3.63, 3.8) is 0 Å². The molecule has 0 unspecified atom stereocenters. The lowest BCUT2D eigenvalue weighted by Gasteiger charge is -2.10. The van der Waals surface area contributed by atoms with Gasteiger partial charge in [0.25, 0.3) is 5.56 Å². The van der Waals surface area contributed by atoms with Crippen LogP contribution in [0.5, 0.6) is 5.75 Å². The van der Waals surface area contributed by atoms with Gasteiger partial charge in [0, 0.05) is 20.3 Å². The third kappa shape index (κ3) is 2.52. The average Bonchev–Trinajstić information content (AvgIpc) is 2.48. The van der Waals surface area contributed by atoms with E-state index in [4.69, 9.17) is 4.74 Å². The van der Waals surface area contributed by atoms with E-state index in [1.165, 1.54) is 32.0 Å². The first-order valence-corrected chi connectivity index (χ1v) is 6.32. The number of ketones is 1. The predicted octanol–water partition coefficient (Wildman–Crippen LogP) is 0.632. The molecule has 2 aromatic rings. The molecule has 0 saturated heterocycles. The Morgan fingerprint density at radius 1 is 1.14 bits per heavy atom. The molecular formula is C15H16N2O4. The van der Waals surface area contributed by atoms with Crippen LogP contribution in [0, 0.1) is 6.92 Å². The average molecular weight is 288 g/mol. The fourth-order valence-electron chi connectivity index (χ4n) is 2.11. The lowest BCUT2D eigenvalue weighted by atomic mass is 10.0. The molecule has 0 N–H and O–H groups in total. The van der Waals surface area contributed by atoms with E-state index in [2.05, 4.69) is 0 Å². The smallest absolute Gasteiger partial charge is 0.330 e. The normalized spacial score (nSPS) is 10.5. The highest BCUT2D eigenvalue weighted by molar-refractivity contribution is 6.10. The van der Waals surface area contributed by atoms with Gasteiger partial charge in [0.2, 0.25) is 5.78 Å². The van der Waals surface area contributed by atoms with E-state index in [-0.39, 0.29) is 5.56 Å². The molecule has 0 aliphatic rings. The maximum Gasteiger partial charge on any atom is 0.330 e. The SMILES string of the molecule is COc1ccc(C)cc1C(=O)c1cn(C)c(=O)n(C)c1=O. The number of aryl methyl sites for hydroxylation is 2. The number of nitrogens with zero attached hydrogens (tertiary/aromatic N) is 2. The Kier molecular flexibility index (Phi) is 3.80. The molecule has 0 aliphatic heterocycles. The van der Waals surface area contributed by atoms with Gasteiger partial charge in [-0.05, 0) is 19.1 Å². The first kappa shape index (κ1) is 14.8. The minimum absolute atomic E-state index is 0.0662. The van der Waals surface area contributed by atoms with Gasteiger partial charge in [-0.3, -0.25) is 14.2 Å². The van der Waals surface area contributed by atoms with Crippen LogP contribution in [0.3, 0.4) is 0 Å². The van der Waals surface area contributed by atoms with Gasteiger partial charge in [-0.25, -0.2) is 4.79 Å². The summed E-state index contributed by atoms with van der Waals surface area (Å²) in [5.74, 6) is -0.0757. The van der Waals surface area contributed by atoms with Gasteiger partial charge >= 0.3 is 5.69 Å². The predicted molar refractivity (Wildman–Crippen MR) is 78.1 cm³/mol. The number of ether oxygens (including phenoxy) is 1. The molecule has 0 radical (unpaired) electrons. The van der Waals surface area contributed by atoms with Crippen LogP contribution in [0.25, 0.3) is 0 Å². The summed E-state index contributed by atoms with van der Waals surface area (Å²) in [5, 5.41) is 0. The second-order valence-corrected chi connectivity index (χ2v) is 4.83. The molecule has 1 aromatic carbocycles. The van der Waals surface area contributed by atoms with Crippen molar-refractivity contribution in [1.29, 1.82) is 0 Å². The maximum atomic E-state index is 12.6. The molecule has 2 rings (SSSR count). The summed E-state index contributed by atoms with van der Waals surface area (Å²) in [6.45, 7) is 1.84. The molecule has 0 fully saturated rings. The molecular weight excluding hydrogens is 272 g/mol. The lowest BCUT2D eigenvalue weighted by molar-refractivity contribution is 0.103. The Morgan fingerprint density at radius 2 is 1.81 bits per heavy atom. The molecule has 0 aliphatic carbocycles. The molecule has 0 saturated carbocycles. The maximum absolute atomic E-state index is 12.6. The Balaban J connectivity index is 2.69. The van der Waals surface area contributed by atoms with E-state index in [0.717, 1.165) is 10.1 Å². The number of hydrogen-bond donors (Lipinski definition) is 0. The zero-order chi connectivity index (χ0) is 15.7.